The molecular weight excluding hydrogens is 286 g/mol. The Morgan fingerprint density at radius 1 is 1.23 bits per heavy atom. The van der Waals surface area contributed by atoms with Gasteiger partial charge in [-0.15, -0.1) is 0 Å². The van der Waals surface area contributed by atoms with E-state index in [0.29, 0.717) is 28.5 Å². The molecule has 0 unspecified atom stereocenters. The van der Waals surface area contributed by atoms with Gasteiger partial charge in [0.05, 0.1) is 26.5 Å². The third kappa shape index (κ3) is 2.72. The first kappa shape index (κ1) is 15.8. The summed E-state index contributed by atoms with van der Waals surface area (Å²) in [6.45, 7) is 3.66. The fourth-order valence-electron chi connectivity index (χ4n) is 2.27. The minimum atomic E-state index is -0.555. The second-order valence-electron chi connectivity index (χ2n) is 4.64. The van der Waals surface area contributed by atoms with Gasteiger partial charge in [-0.1, -0.05) is 0 Å². The summed E-state index contributed by atoms with van der Waals surface area (Å²) in [5.41, 5.74) is 1.79. The van der Waals surface area contributed by atoms with Crippen molar-refractivity contribution >= 4 is 5.97 Å². The predicted molar refractivity (Wildman–Crippen MR) is 81.7 cm³/mol. The van der Waals surface area contributed by atoms with E-state index in [0.717, 1.165) is 0 Å². The summed E-state index contributed by atoms with van der Waals surface area (Å²) < 4.78 is 15.4. The molecule has 0 atom stereocenters. The summed E-state index contributed by atoms with van der Waals surface area (Å²) >= 11 is 0. The van der Waals surface area contributed by atoms with Gasteiger partial charge in [0.25, 0.3) is 0 Å². The van der Waals surface area contributed by atoms with Gasteiger partial charge >= 0.3 is 5.97 Å². The molecule has 2 aromatic rings. The maximum atomic E-state index is 11.9. The molecule has 0 aliphatic rings. The Morgan fingerprint density at radius 3 is 2.50 bits per heavy atom. The van der Waals surface area contributed by atoms with E-state index >= 15 is 0 Å². The van der Waals surface area contributed by atoms with Crippen molar-refractivity contribution < 1.29 is 24.1 Å². The molecule has 6 heteroatoms. The number of aromatic amines is 1. The molecule has 0 saturated heterocycles. The number of aryl methyl sites for hydroxylation is 1. The van der Waals surface area contributed by atoms with Crippen molar-refractivity contribution in [3.8, 4) is 28.5 Å². The average molecular weight is 305 g/mol. The van der Waals surface area contributed by atoms with Gasteiger partial charge < -0.3 is 24.3 Å². The Balaban J connectivity index is 2.50. The van der Waals surface area contributed by atoms with Crippen molar-refractivity contribution in [2.24, 2.45) is 0 Å². The lowest BCUT2D eigenvalue weighted by Crippen LogP contribution is -2.05. The number of aromatic hydroxyl groups is 1. The minimum Gasteiger partial charge on any atom is -0.505 e. The molecule has 0 radical (unpaired) electrons. The zero-order valence-corrected chi connectivity index (χ0v) is 13.0. The van der Waals surface area contributed by atoms with Crippen molar-refractivity contribution in [1.82, 2.24) is 4.98 Å². The normalized spacial score (nSPS) is 10.4. The van der Waals surface area contributed by atoms with Crippen LogP contribution in [0.25, 0.3) is 11.3 Å². The number of benzene rings is 1. The first-order valence-electron chi connectivity index (χ1n) is 6.84. The number of hydrogen-bond donors (Lipinski definition) is 2. The van der Waals surface area contributed by atoms with Crippen LogP contribution in [-0.2, 0) is 4.74 Å². The SMILES string of the molecule is CCOC(=O)c1c(C)[nH]c(-c2ccc(OC)c(OC)c2)c1O. The number of methoxy groups -OCH3 is 2. The lowest BCUT2D eigenvalue weighted by atomic mass is 10.1. The van der Waals surface area contributed by atoms with Crippen LogP contribution in [0.5, 0.6) is 17.2 Å². The highest BCUT2D eigenvalue weighted by Gasteiger charge is 2.23. The van der Waals surface area contributed by atoms with Crippen molar-refractivity contribution in [3.63, 3.8) is 0 Å². The van der Waals surface area contributed by atoms with Crippen molar-refractivity contribution in [2.45, 2.75) is 13.8 Å². The molecule has 6 nitrogen and oxygen atoms in total. The van der Waals surface area contributed by atoms with Crippen LogP contribution >= 0.6 is 0 Å². The molecule has 0 fully saturated rings. The molecule has 1 heterocycles. The van der Waals surface area contributed by atoms with E-state index in [9.17, 15) is 9.90 Å². The monoisotopic (exact) mass is 305 g/mol. The van der Waals surface area contributed by atoms with Gasteiger partial charge in [0.2, 0.25) is 0 Å². The standard InChI is InChI=1S/C16H19NO5/c1-5-22-16(19)13-9(2)17-14(15(13)18)10-6-7-11(20-3)12(8-10)21-4/h6-8,17-18H,5H2,1-4H3. The summed E-state index contributed by atoms with van der Waals surface area (Å²) in [7, 11) is 3.08. The third-order valence-corrected chi connectivity index (χ3v) is 3.31. The third-order valence-electron chi connectivity index (χ3n) is 3.31. The van der Waals surface area contributed by atoms with Gasteiger partial charge in [-0.05, 0) is 32.0 Å². The molecular formula is C16H19NO5. The van der Waals surface area contributed by atoms with Crippen LogP contribution in [-0.4, -0.2) is 36.9 Å². The Bertz CT molecular complexity index is 690. The fraction of sp³-hybridized carbons (Fsp3) is 0.312. The Kier molecular flexibility index (Phi) is 4.60. The summed E-state index contributed by atoms with van der Waals surface area (Å²) in [6, 6.07) is 5.22. The molecule has 2 N–H and O–H groups in total. The summed E-state index contributed by atoms with van der Waals surface area (Å²) in [6.07, 6.45) is 0. The fourth-order valence-corrected chi connectivity index (χ4v) is 2.27. The zero-order valence-electron chi connectivity index (χ0n) is 13.0. The Hall–Kier alpha value is -2.63. The maximum absolute atomic E-state index is 11.9. The lowest BCUT2D eigenvalue weighted by molar-refractivity contribution is 0.0522. The number of carbonyl (C=O) groups excluding carboxylic acids is 1. The number of H-pyrrole nitrogens is 1. The highest BCUT2D eigenvalue weighted by Crippen LogP contribution is 2.38. The predicted octanol–water partition coefficient (Wildman–Crippen LogP) is 2.89. The molecule has 0 bridgehead atoms. The van der Waals surface area contributed by atoms with Gasteiger partial charge in [0, 0.05) is 11.3 Å². The molecule has 1 aromatic heterocycles. The average Bonchev–Trinajstić information content (AvgIpc) is 2.81. The Morgan fingerprint density at radius 2 is 1.91 bits per heavy atom. The van der Waals surface area contributed by atoms with E-state index in [2.05, 4.69) is 4.98 Å². The van der Waals surface area contributed by atoms with Gasteiger partial charge in [0.15, 0.2) is 17.2 Å². The summed E-state index contributed by atoms with van der Waals surface area (Å²) in [5.74, 6) is 0.424. The quantitative estimate of drug-likeness (QED) is 0.830. The van der Waals surface area contributed by atoms with Crippen LogP contribution < -0.4 is 9.47 Å². The van der Waals surface area contributed by atoms with Crippen LogP contribution in [0.3, 0.4) is 0 Å². The summed E-state index contributed by atoms with van der Waals surface area (Å²) in [4.78, 5) is 14.9. The highest BCUT2D eigenvalue weighted by atomic mass is 16.5. The largest absolute Gasteiger partial charge is 0.505 e. The minimum absolute atomic E-state index is 0.136. The molecule has 1 aromatic carbocycles. The lowest BCUT2D eigenvalue weighted by Gasteiger charge is -2.09. The van der Waals surface area contributed by atoms with E-state index < -0.39 is 5.97 Å². The molecule has 0 spiro atoms. The zero-order chi connectivity index (χ0) is 16.3. The smallest absolute Gasteiger partial charge is 0.343 e. The van der Waals surface area contributed by atoms with Crippen molar-refractivity contribution in [1.29, 1.82) is 0 Å². The van der Waals surface area contributed by atoms with Gasteiger partial charge in [0.1, 0.15) is 5.56 Å². The number of rotatable bonds is 5. The molecule has 0 saturated carbocycles. The van der Waals surface area contributed by atoms with E-state index in [1.807, 2.05) is 0 Å². The summed E-state index contributed by atoms with van der Waals surface area (Å²) in [5, 5.41) is 10.3. The molecule has 0 amide bonds. The van der Waals surface area contributed by atoms with Crippen molar-refractivity contribution in [3.05, 3.63) is 29.5 Å². The number of nitrogens with one attached hydrogen (secondary N) is 1. The van der Waals surface area contributed by atoms with Gasteiger partial charge in [-0.3, -0.25) is 0 Å². The topological polar surface area (TPSA) is 80.8 Å². The molecule has 2 rings (SSSR count). The molecule has 0 aliphatic carbocycles. The van der Waals surface area contributed by atoms with E-state index in [-0.39, 0.29) is 17.9 Å². The van der Waals surface area contributed by atoms with E-state index in [1.54, 1.807) is 39.2 Å². The van der Waals surface area contributed by atoms with E-state index in [1.165, 1.54) is 7.11 Å². The van der Waals surface area contributed by atoms with Gasteiger partial charge in [-0.25, -0.2) is 4.79 Å². The molecule has 118 valence electrons. The van der Waals surface area contributed by atoms with Crippen LogP contribution in [0.1, 0.15) is 23.0 Å². The second kappa shape index (κ2) is 6.43. The molecule has 22 heavy (non-hydrogen) atoms. The maximum Gasteiger partial charge on any atom is 0.343 e. The highest BCUT2D eigenvalue weighted by molar-refractivity contribution is 5.97. The van der Waals surface area contributed by atoms with Crippen LogP contribution in [0.4, 0.5) is 0 Å². The van der Waals surface area contributed by atoms with Crippen LogP contribution in [0.15, 0.2) is 18.2 Å². The first-order chi connectivity index (χ1) is 10.5. The first-order valence-corrected chi connectivity index (χ1v) is 6.84. The number of esters is 1. The Labute approximate surface area is 128 Å². The van der Waals surface area contributed by atoms with Crippen LogP contribution in [0.2, 0.25) is 0 Å². The number of carbonyl (C=O) groups is 1. The second-order valence-corrected chi connectivity index (χ2v) is 4.64. The van der Waals surface area contributed by atoms with Crippen molar-refractivity contribution in [2.75, 3.05) is 20.8 Å². The van der Waals surface area contributed by atoms with Crippen LogP contribution in [0, 0.1) is 6.92 Å². The number of ether oxygens (including phenoxy) is 3. The number of aromatic nitrogens is 1. The van der Waals surface area contributed by atoms with E-state index in [4.69, 9.17) is 14.2 Å². The molecule has 0 aliphatic heterocycles. The number of hydrogen-bond acceptors (Lipinski definition) is 5. The van der Waals surface area contributed by atoms with Gasteiger partial charge in [-0.2, -0.15) is 0 Å².